The van der Waals surface area contributed by atoms with Crippen LogP contribution in [0.3, 0.4) is 0 Å². The van der Waals surface area contributed by atoms with Crippen molar-refractivity contribution >= 4 is 11.6 Å². The summed E-state index contributed by atoms with van der Waals surface area (Å²) in [5.74, 6) is 0. The smallest absolute Gasteiger partial charge is 0.282 e. The topological polar surface area (TPSA) is 121 Å². The molecule has 0 aromatic heterocycles. The lowest BCUT2D eigenvalue weighted by Gasteiger charge is -2.24. The van der Waals surface area contributed by atoms with Crippen molar-refractivity contribution in [3.63, 3.8) is 0 Å². The molecule has 0 aromatic rings. The van der Waals surface area contributed by atoms with Gasteiger partial charge in [-0.3, -0.25) is 10.1 Å². The molecule has 0 aromatic carbocycles. The Hall–Kier alpha value is -1.11. The molecule has 0 saturated heterocycles. The van der Waals surface area contributed by atoms with E-state index in [1.54, 1.807) is 0 Å². The molecule has 0 heterocycles. The van der Waals surface area contributed by atoms with Crippen LogP contribution in [0.15, 0.2) is 22.5 Å². The van der Waals surface area contributed by atoms with Crippen LogP contribution in [0.4, 0.5) is 0 Å². The van der Waals surface area contributed by atoms with Gasteiger partial charge in [0.05, 0.1) is 9.96 Å². The average molecular weight is 205 g/mol. The Morgan fingerprint density at radius 3 is 2.62 bits per heavy atom. The van der Waals surface area contributed by atoms with Crippen LogP contribution in [0.2, 0.25) is 0 Å². The monoisotopic (exact) mass is 204 g/mol. The van der Waals surface area contributed by atoms with E-state index in [0.29, 0.717) is 0 Å². The standard InChI is InChI=1S/C6H9ClN4O2/c7-3-1-5(11(12)13)6(9,10)2-4(3)8/h1H,2,8-10H2. The van der Waals surface area contributed by atoms with E-state index < -0.39 is 10.6 Å². The minimum atomic E-state index is -1.54. The van der Waals surface area contributed by atoms with Gasteiger partial charge in [-0.25, -0.2) is 0 Å². The van der Waals surface area contributed by atoms with E-state index in [-0.39, 0.29) is 22.8 Å². The summed E-state index contributed by atoms with van der Waals surface area (Å²) in [7, 11) is 0. The molecule has 0 atom stereocenters. The summed E-state index contributed by atoms with van der Waals surface area (Å²) < 4.78 is 0. The van der Waals surface area contributed by atoms with Crippen molar-refractivity contribution in [1.29, 1.82) is 0 Å². The Morgan fingerprint density at radius 2 is 2.15 bits per heavy atom. The van der Waals surface area contributed by atoms with E-state index in [9.17, 15) is 10.1 Å². The Kier molecular flexibility index (Phi) is 2.29. The van der Waals surface area contributed by atoms with Crippen LogP contribution in [0.5, 0.6) is 0 Å². The number of nitrogens with zero attached hydrogens (tertiary/aromatic N) is 1. The van der Waals surface area contributed by atoms with Crippen LogP contribution in [0.25, 0.3) is 0 Å². The summed E-state index contributed by atoms with van der Waals surface area (Å²) in [5, 5.41) is 10.6. The highest BCUT2D eigenvalue weighted by molar-refractivity contribution is 6.31. The average Bonchev–Trinajstić information content (AvgIpc) is 1.95. The van der Waals surface area contributed by atoms with E-state index in [1.807, 2.05) is 0 Å². The van der Waals surface area contributed by atoms with Gasteiger partial charge in [-0.2, -0.15) is 0 Å². The van der Waals surface area contributed by atoms with Gasteiger partial charge >= 0.3 is 0 Å². The molecule has 0 spiro atoms. The number of rotatable bonds is 1. The molecule has 1 aliphatic carbocycles. The lowest BCUT2D eigenvalue weighted by molar-refractivity contribution is -0.435. The molecular formula is C6H9ClN4O2. The molecule has 0 fully saturated rings. The molecular weight excluding hydrogens is 196 g/mol. The minimum absolute atomic E-state index is 0.0152. The zero-order valence-corrected chi connectivity index (χ0v) is 7.41. The van der Waals surface area contributed by atoms with Crippen LogP contribution < -0.4 is 17.2 Å². The van der Waals surface area contributed by atoms with Gasteiger partial charge in [0.1, 0.15) is 0 Å². The highest BCUT2D eigenvalue weighted by Crippen LogP contribution is 2.27. The Morgan fingerprint density at radius 1 is 1.62 bits per heavy atom. The summed E-state index contributed by atoms with van der Waals surface area (Å²) in [6.07, 6.45) is 1.07. The third-order valence-electron chi connectivity index (χ3n) is 1.73. The molecule has 7 heteroatoms. The summed E-state index contributed by atoms with van der Waals surface area (Å²) in [6.45, 7) is 0. The van der Waals surface area contributed by atoms with Crippen molar-refractivity contribution in [2.24, 2.45) is 17.2 Å². The second kappa shape index (κ2) is 2.99. The first kappa shape index (κ1) is 9.97. The Bertz CT molecular complexity index is 321. The van der Waals surface area contributed by atoms with Gasteiger partial charge in [0.2, 0.25) is 0 Å². The predicted molar refractivity (Wildman–Crippen MR) is 47.9 cm³/mol. The summed E-state index contributed by atoms with van der Waals surface area (Å²) in [4.78, 5) is 9.82. The maximum Gasteiger partial charge on any atom is 0.282 e. The highest BCUT2D eigenvalue weighted by atomic mass is 35.5. The van der Waals surface area contributed by atoms with E-state index in [0.717, 1.165) is 6.08 Å². The number of nitro groups is 1. The van der Waals surface area contributed by atoms with Gasteiger partial charge in [0, 0.05) is 18.2 Å². The number of allylic oxidation sites excluding steroid dienone is 2. The van der Waals surface area contributed by atoms with E-state index in [2.05, 4.69) is 0 Å². The summed E-state index contributed by atoms with van der Waals surface area (Å²) in [5.41, 5.74) is 14.8. The van der Waals surface area contributed by atoms with Crippen LogP contribution in [-0.4, -0.2) is 10.6 Å². The lowest BCUT2D eigenvalue weighted by atomic mass is 9.97. The molecule has 13 heavy (non-hydrogen) atoms. The number of halogens is 1. The molecule has 0 bridgehead atoms. The van der Waals surface area contributed by atoms with Crippen LogP contribution >= 0.6 is 11.6 Å². The third kappa shape index (κ3) is 1.80. The van der Waals surface area contributed by atoms with Crippen molar-refractivity contribution in [3.05, 3.63) is 32.6 Å². The second-order valence-electron chi connectivity index (χ2n) is 2.88. The first-order valence-corrected chi connectivity index (χ1v) is 3.81. The Labute approximate surface area is 79.2 Å². The van der Waals surface area contributed by atoms with E-state index in [4.69, 9.17) is 28.8 Å². The first-order chi connectivity index (χ1) is 5.84. The zero-order valence-electron chi connectivity index (χ0n) is 6.66. The van der Waals surface area contributed by atoms with Gasteiger partial charge < -0.3 is 17.2 Å². The second-order valence-corrected chi connectivity index (χ2v) is 3.28. The maximum atomic E-state index is 10.5. The maximum absolute atomic E-state index is 10.5. The fourth-order valence-corrected chi connectivity index (χ4v) is 1.23. The van der Waals surface area contributed by atoms with Crippen LogP contribution in [0.1, 0.15) is 6.42 Å². The molecule has 0 saturated carbocycles. The summed E-state index contributed by atoms with van der Waals surface area (Å²) >= 11 is 5.60. The molecule has 6 nitrogen and oxygen atoms in total. The van der Waals surface area contributed by atoms with Crippen molar-refractivity contribution in [2.75, 3.05) is 0 Å². The van der Waals surface area contributed by atoms with Crippen LogP contribution in [0, 0.1) is 10.1 Å². The SMILES string of the molecule is NC1=C(Cl)C=C([N+](=O)[O-])C(N)(N)C1. The largest absolute Gasteiger partial charge is 0.401 e. The molecule has 1 aliphatic rings. The molecule has 0 aliphatic heterocycles. The highest BCUT2D eigenvalue weighted by Gasteiger charge is 2.38. The number of hydrogen-bond acceptors (Lipinski definition) is 5. The first-order valence-electron chi connectivity index (χ1n) is 3.43. The molecule has 6 N–H and O–H groups in total. The van der Waals surface area contributed by atoms with Gasteiger partial charge in [-0.05, 0) is 0 Å². The van der Waals surface area contributed by atoms with E-state index in [1.165, 1.54) is 0 Å². The number of hydrogen-bond donors (Lipinski definition) is 3. The van der Waals surface area contributed by atoms with Gasteiger partial charge in [0.25, 0.3) is 5.70 Å². The van der Waals surface area contributed by atoms with Crippen molar-refractivity contribution in [1.82, 2.24) is 0 Å². The molecule has 0 radical (unpaired) electrons. The quantitative estimate of drug-likeness (QED) is 0.304. The molecule has 72 valence electrons. The molecule has 0 amide bonds. The zero-order chi connectivity index (χ0) is 10.2. The van der Waals surface area contributed by atoms with Crippen molar-refractivity contribution < 1.29 is 4.92 Å². The van der Waals surface area contributed by atoms with Gasteiger partial charge in [-0.15, -0.1) is 0 Å². The minimum Gasteiger partial charge on any atom is -0.401 e. The summed E-state index contributed by atoms with van der Waals surface area (Å²) in [6, 6.07) is 0. The molecule has 0 unspecified atom stereocenters. The third-order valence-corrected chi connectivity index (χ3v) is 2.08. The normalized spacial score (nSPS) is 21.3. The molecule has 1 rings (SSSR count). The van der Waals surface area contributed by atoms with Crippen molar-refractivity contribution in [3.8, 4) is 0 Å². The Balaban J connectivity index is 3.16. The van der Waals surface area contributed by atoms with Gasteiger partial charge in [-0.1, -0.05) is 11.6 Å². The fraction of sp³-hybridized carbons (Fsp3) is 0.333. The predicted octanol–water partition coefficient (Wildman–Crippen LogP) is -0.427. The number of nitrogens with two attached hydrogens (primary N) is 3. The lowest BCUT2D eigenvalue weighted by Crippen LogP contribution is -2.54. The fourth-order valence-electron chi connectivity index (χ4n) is 1.06. The van der Waals surface area contributed by atoms with Gasteiger partial charge in [0.15, 0.2) is 5.66 Å². The van der Waals surface area contributed by atoms with Crippen molar-refractivity contribution in [2.45, 2.75) is 12.1 Å². The van der Waals surface area contributed by atoms with E-state index >= 15 is 0 Å². The van der Waals surface area contributed by atoms with Crippen LogP contribution in [-0.2, 0) is 0 Å².